The fourth-order valence-corrected chi connectivity index (χ4v) is 3.28. The fourth-order valence-electron chi connectivity index (χ4n) is 2.28. The molecule has 0 saturated carbocycles. The van der Waals surface area contributed by atoms with Gasteiger partial charge in [-0.15, -0.1) is 0 Å². The average Bonchev–Trinajstić information content (AvgIpc) is 2.73. The van der Waals surface area contributed by atoms with Crippen LogP contribution in [0.1, 0.15) is 26.4 Å². The van der Waals surface area contributed by atoms with Crippen LogP contribution in [-0.2, 0) is 21.4 Å². The molecule has 7 nitrogen and oxygen atoms in total. The second-order valence-corrected chi connectivity index (χ2v) is 7.41. The van der Waals surface area contributed by atoms with Crippen LogP contribution in [0.4, 0.5) is 0 Å². The molecule has 0 bridgehead atoms. The lowest BCUT2D eigenvalue weighted by atomic mass is 10.2. The van der Waals surface area contributed by atoms with Crippen LogP contribution < -0.4 is 4.72 Å². The van der Waals surface area contributed by atoms with Crippen LogP contribution in [0.15, 0.2) is 83.9 Å². The molecule has 1 heterocycles. The van der Waals surface area contributed by atoms with E-state index in [1.54, 1.807) is 48.5 Å². The highest BCUT2D eigenvalue weighted by Gasteiger charge is 2.18. The highest BCUT2D eigenvalue weighted by atomic mass is 32.2. The number of sulfonamides is 1. The molecule has 0 radical (unpaired) electrons. The molecule has 3 aromatic rings. The normalized spacial score (nSPS) is 10.9. The number of aromatic nitrogens is 1. The van der Waals surface area contributed by atoms with Crippen LogP contribution in [-0.4, -0.2) is 25.3 Å². The number of ether oxygens (including phenoxy) is 1. The van der Waals surface area contributed by atoms with Gasteiger partial charge in [-0.3, -0.25) is 9.78 Å². The molecule has 0 saturated heterocycles. The van der Waals surface area contributed by atoms with Crippen molar-refractivity contribution >= 4 is 21.9 Å². The highest BCUT2D eigenvalue weighted by Crippen LogP contribution is 2.10. The molecule has 1 aromatic heterocycles. The van der Waals surface area contributed by atoms with Crippen molar-refractivity contribution in [2.24, 2.45) is 0 Å². The monoisotopic (exact) mass is 396 g/mol. The zero-order valence-corrected chi connectivity index (χ0v) is 15.4. The summed E-state index contributed by atoms with van der Waals surface area (Å²) in [6.07, 6.45) is 1.22. The molecule has 2 aromatic carbocycles. The molecular formula is C20H16N2O5S. The van der Waals surface area contributed by atoms with E-state index in [1.807, 2.05) is 4.72 Å². The number of hydrogen-bond acceptors (Lipinski definition) is 6. The Hall–Kier alpha value is -3.52. The lowest BCUT2D eigenvalue weighted by Crippen LogP contribution is -2.30. The van der Waals surface area contributed by atoms with Crippen molar-refractivity contribution in [3.63, 3.8) is 0 Å². The molecule has 0 aliphatic carbocycles. The predicted molar refractivity (Wildman–Crippen MR) is 101 cm³/mol. The van der Waals surface area contributed by atoms with Crippen LogP contribution in [0.3, 0.4) is 0 Å². The summed E-state index contributed by atoms with van der Waals surface area (Å²) in [5.74, 6) is -1.29. The van der Waals surface area contributed by atoms with Crippen LogP contribution >= 0.6 is 0 Å². The highest BCUT2D eigenvalue weighted by molar-refractivity contribution is 7.90. The van der Waals surface area contributed by atoms with Crippen molar-refractivity contribution in [2.75, 3.05) is 0 Å². The van der Waals surface area contributed by atoms with Crippen molar-refractivity contribution in [3.05, 3.63) is 95.8 Å². The molecule has 0 atom stereocenters. The van der Waals surface area contributed by atoms with Gasteiger partial charge >= 0.3 is 5.97 Å². The summed E-state index contributed by atoms with van der Waals surface area (Å²) < 4.78 is 31.5. The molecule has 3 rings (SSSR count). The van der Waals surface area contributed by atoms with E-state index in [4.69, 9.17) is 4.74 Å². The van der Waals surface area contributed by atoms with E-state index < -0.39 is 21.9 Å². The van der Waals surface area contributed by atoms with Gasteiger partial charge in [-0.2, -0.15) is 0 Å². The van der Waals surface area contributed by atoms with Crippen LogP contribution in [0.5, 0.6) is 0 Å². The minimum absolute atomic E-state index is 0.0132. The minimum atomic E-state index is -3.97. The third-order valence-corrected chi connectivity index (χ3v) is 5.08. The number of amides is 1. The Morgan fingerprint density at radius 3 is 2.11 bits per heavy atom. The lowest BCUT2D eigenvalue weighted by molar-refractivity contribution is 0.0467. The quantitative estimate of drug-likeness (QED) is 0.643. The van der Waals surface area contributed by atoms with Gasteiger partial charge in [-0.05, 0) is 36.4 Å². The largest absolute Gasteiger partial charge is 0.456 e. The van der Waals surface area contributed by atoms with Gasteiger partial charge in [-0.1, -0.05) is 36.4 Å². The topological polar surface area (TPSA) is 102 Å². The van der Waals surface area contributed by atoms with Crippen molar-refractivity contribution in [1.29, 1.82) is 0 Å². The van der Waals surface area contributed by atoms with Gasteiger partial charge in [-0.25, -0.2) is 17.9 Å². The second kappa shape index (κ2) is 8.45. The SMILES string of the molecule is O=C(NS(=O)(=O)c1ccccc1)c1ccc(COC(=O)c2ccccc2)nc1. The molecule has 0 fully saturated rings. The van der Waals surface area contributed by atoms with E-state index in [2.05, 4.69) is 4.98 Å². The fraction of sp³-hybridized carbons (Fsp3) is 0.0500. The Balaban J connectivity index is 1.61. The van der Waals surface area contributed by atoms with E-state index >= 15 is 0 Å². The van der Waals surface area contributed by atoms with Gasteiger partial charge in [0.2, 0.25) is 0 Å². The van der Waals surface area contributed by atoms with E-state index in [0.29, 0.717) is 11.3 Å². The molecule has 0 aliphatic rings. The summed E-state index contributed by atoms with van der Waals surface area (Å²) in [5, 5.41) is 0. The van der Waals surface area contributed by atoms with Crippen molar-refractivity contribution in [1.82, 2.24) is 9.71 Å². The van der Waals surface area contributed by atoms with Gasteiger partial charge in [0.05, 0.1) is 21.7 Å². The standard InChI is InChI=1S/C20H16N2O5S/c23-19(22-28(25,26)18-9-5-2-6-10-18)16-11-12-17(21-13-16)14-27-20(24)15-7-3-1-4-8-15/h1-13H,14H2,(H,22,23). The van der Waals surface area contributed by atoms with Gasteiger partial charge in [0.1, 0.15) is 6.61 Å². The first-order valence-electron chi connectivity index (χ1n) is 8.25. The maximum atomic E-state index is 12.2. The lowest BCUT2D eigenvalue weighted by Gasteiger charge is -2.08. The Morgan fingerprint density at radius 2 is 1.50 bits per heavy atom. The van der Waals surface area contributed by atoms with E-state index in [9.17, 15) is 18.0 Å². The number of hydrogen-bond donors (Lipinski definition) is 1. The van der Waals surface area contributed by atoms with Crippen molar-refractivity contribution in [3.8, 4) is 0 Å². The Kier molecular flexibility index (Phi) is 5.81. The molecule has 1 amide bonds. The number of nitrogens with one attached hydrogen (secondary N) is 1. The van der Waals surface area contributed by atoms with Crippen LogP contribution in [0, 0.1) is 0 Å². The summed E-state index contributed by atoms with van der Waals surface area (Å²) in [7, 11) is -3.97. The van der Waals surface area contributed by atoms with Gasteiger partial charge < -0.3 is 4.74 Å². The first-order chi connectivity index (χ1) is 13.5. The van der Waals surface area contributed by atoms with E-state index in [0.717, 1.165) is 0 Å². The average molecular weight is 396 g/mol. The summed E-state index contributed by atoms with van der Waals surface area (Å²) in [6, 6.07) is 19.0. The third kappa shape index (κ3) is 4.80. The maximum Gasteiger partial charge on any atom is 0.338 e. The number of benzene rings is 2. The van der Waals surface area contributed by atoms with Crippen molar-refractivity contribution in [2.45, 2.75) is 11.5 Å². The van der Waals surface area contributed by atoms with Crippen molar-refractivity contribution < 1.29 is 22.7 Å². The maximum absolute atomic E-state index is 12.2. The number of pyridine rings is 1. The number of esters is 1. The Labute approximate surface area is 162 Å². The number of rotatable bonds is 6. The minimum Gasteiger partial charge on any atom is -0.456 e. The molecule has 0 spiro atoms. The molecule has 0 aliphatic heterocycles. The third-order valence-electron chi connectivity index (χ3n) is 3.73. The zero-order valence-electron chi connectivity index (χ0n) is 14.6. The zero-order chi connectivity index (χ0) is 20.0. The number of carbonyl (C=O) groups is 2. The number of nitrogens with zero attached hydrogens (tertiary/aromatic N) is 1. The van der Waals surface area contributed by atoms with Gasteiger partial charge in [0, 0.05) is 6.20 Å². The molecule has 0 unspecified atom stereocenters. The molecular weight excluding hydrogens is 380 g/mol. The smallest absolute Gasteiger partial charge is 0.338 e. The van der Waals surface area contributed by atoms with E-state index in [-0.39, 0.29) is 17.1 Å². The molecule has 28 heavy (non-hydrogen) atoms. The summed E-state index contributed by atoms with van der Waals surface area (Å²) in [6.45, 7) is -0.0715. The summed E-state index contributed by atoms with van der Waals surface area (Å²) >= 11 is 0. The van der Waals surface area contributed by atoms with Gasteiger partial charge in [0.15, 0.2) is 0 Å². The van der Waals surface area contributed by atoms with Crippen LogP contribution in [0.25, 0.3) is 0 Å². The van der Waals surface area contributed by atoms with E-state index in [1.165, 1.54) is 30.5 Å². The molecule has 142 valence electrons. The Bertz CT molecular complexity index is 1070. The predicted octanol–water partition coefficient (Wildman–Crippen LogP) is 2.56. The molecule has 1 N–H and O–H groups in total. The first-order valence-corrected chi connectivity index (χ1v) is 9.73. The Morgan fingerprint density at radius 1 is 0.857 bits per heavy atom. The molecule has 8 heteroatoms. The van der Waals surface area contributed by atoms with Crippen LogP contribution in [0.2, 0.25) is 0 Å². The summed E-state index contributed by atoms with van der Waals surface area (Å²) in [4.78, 5) is 28.1. The summed E-state index contributed by atoms with van der Waals surface area (Å²) in [5.41, 5.74) is 0.911. The first kappa shape index (κ1) is 19.2. The number of carbonyl (C=O) groups excluding carboxylic acids is 2. The van der Waals surface area contributed by atoms with Gasteiger partial charge in [0.25, 0.3) is 15.9 Å². The second-order valence-electron chi connectivity index (χ2n) is 5.73.